The molecule has 0 bridgehead atoms. The van der Waals surface area contributed by atoms with Gasteiger partial charge in [0.1, 0.15) is 5.82 Å². The molecule has 1 atom stereocenters. The van der Waals surface area contributed by atoms with E-state index < -0.39 is 11.7 Å². The lowest BCUT2D eigenvalue weighted by atomic mass is 9.99. The normalized spacial score (nSPS) is 13.3. The van der Waals surface area contributed by atoms with E-state index in [9.17, 15) is 13.2 Å². The van der Waals surface area contributed by atoms with E-state index in [0.29, 0.717) is 12.5 Å². The number of aromatic nitrogens is 1. The van der Waals surface area contributed by atoms with Gasteiger partial charge in [0.2, 0.25) is 0 Å². The fourth-order valence-electron chi connectivity index (χ4n) is 1.96. The van der Waals surface area contributed by atoms with Crippen LogP contribution in [0, 0.1) is 5.92 Å². The molecule has 1 unspecified atom stereocenters. The highest BCUT2D eigenvalue weighted by Gasteiger charge is 2.34. The number of hydrogen-bond donors (Lipinski definition) is 1. The number of unbranched alkanes of at least 4 members (excludes halogenated alkanes) is 1. The van der Waals surface area contributed by atoms with E-state index in [4.69, 9.17) is 0 Å². The van der Waals surface area contributed by atoms with Gasteiger partial charge in [-0.15, -0.1) is 0 Å². The summed E-state index contributed by atoms with van der Waals surface area (Å²) >= 11 is 0. The molecular formula is C14H21F3N2. The lowest BCUT2D eigenvalue weighted by Gasteiger charge is -2.18. The molecule has 5 heteroatoms. The molecule has 0 fully saturated rings. The van der Waals surface area contributed by atoms with Crippen LogP contribution in [0.1, 0.15) is 45.1 Å². The van der Waals surface area contributed by atoms with Gasteiger partial charge in [-0.05, 0) is 24.5 Å². The maximum Gasteiger partial charge on any atom is 0.419 e. The van der Waals surface area contributed by atoms with Crippen LogP contribution in [0.2, 0.25) is 0 Å². The molecule has 1 heterocycles. The molecular weight excluding hydrogens is 253 g/mol. The van der Waals surface area contributed by atoms with Crippen molar-refractivity contribution >= 4 is 5.82 Å². The predicted molar refractivity (Wildman–Crippen MR) is 71.0 cm³/mol. The van der Waals surface area contributed by atoms with Crippen LogP contribution in [-0.2, 0) is 6.18 Å². The third kappa shape index (κ3) is 5.09. The standard InChI is InChI=1S/C14H21F3N2/c1-3-5-7-11(4-2)10-19-13-12(14(15,16)17)8-6-9-18-13/h6,8-9,11H,3-5,7,10H2,1-2H3,(H,18,19). The monoisotopic (exact) mass is 274 g/mol. The molecule has 0 amide bonds. The lowest BCUT2D eigenvalue weighted by molar-refractivity contribution is -0.137. The summed E-state index contributed by atoms with van der Waals surface area (Å²) in [6.07, 6.45) is 1.23. The number of nitrogens with one attached hydrogen (secondary N) is 1. The second-order valence-electron chi connectivity index (χ2n) is 4.69. The lowest BCUT2D eigenvalue weighted by Crippen LogP contribution is -2.18. The van der Waals surface area contributed by atoms with Crippen molar-refractivity contribution in [1.82, 2.24) is 4.98 Å². The highest BCUT2D eigenvalue weighted by Crippen LogP contribution is 2.33. The molecule has 1 aromatic heterocycles. The number of pyridine rings is 1. The minimum Gasteiger partial charge on any atom is -0.369 e. The van der Waals surface area contributed by atoms with Gasteiger partial charge in [0, 0.05) is 12.7 Å². The summed E-state index contributed by atoms with van der Waals surface area (Å²) in [7, 11) is 0. The molecule has 19 heavy (non-hydrogen) atoms. The van der Waals surface area contributed by atoms with Crippen LogP contribution in [0.25, 0.3) is 0 Å². The Labute approximate surface area is 112 Å². The number of halogens is 3. The smallest absolute Gasteiger partial charge is 0.369 e. The molecule has 0 spiro atoms. The first-order valence-electron chi connectivity index (χ1n) is 6.75. The number of nitrogens with zero attached hydrogens (tertiary/aromatic N) is 1. The fourth-order valence-corrected chi connectivity index (χ4v) is 1.96. The third-order valence-electron chi connectivity index (χ3n) is 3.21. The average molecular weight is 274 g/mol. The number of alkyl halides is 3. The Hall–Kier alpha value is -1.26. The average Bonchev–Trinajstić information content (AvgIpc) is 2.38. The summed E-state index contributed by atoms with van der Waals surface area (Å²) in [5.41, 5.74) is -0.694. The van der Waals surface area contributed by atoms with Gasteiger partial charge in [-0.1, -0.05) is 33.1 Å². The number of hydrogen-bond acceptors (Lipinski definition) is 2. The van der Waals surface area contributed by atoms with Gasteiger partial charge in [0.25, 0.3) is 0 Å². The highest BCUT2D eigenvalue weighted by atomic mass is 19.4. The van der Waals surface area contributed by atoms with Crippen LogP contribution in [0.5, 0.6) is 0 Å². The van der Waals surface area contributed by atoms with Gasteiger partial charge in [0.05, 0.1) is 5.56 Å². The molecule has 0 saturated carbocycles. The van der Waals surface area contributed by atoms with E-state index in [2.05, 4.69) is 24.1 Å². The van der Waals surface area contributed by atoms with Crippen molar-refractivity contribution in [3.63, 3.8) is 0 Å². The maximum absolute atomic E-state index is 12.8. The number of anilines is 1. The van der Waals surface area contributed by atoms with Gasteiger partial charge in [0.15, 0.2) is 0 Å². The van der Waals surface area contributed by atoms with Crippen molar-refractivity contribution in [3.05, 3.63) is 23.9 Å². The van der Waals surface area contributed by atoms with Crippen molar-refractivity contribution in [1.29, 1.82) is 0 Å². The molecule has 1 rings (SSSR count). The molecule has 1 aromatic rings. The maximum atomic E-state index is 12.8. The zero-order valence-corrected chi connectivity index (χ0v) is 11.4. The molecule has 0 aliphatic rings. The van der Waals surface area contributed by atoms with Crippen molar-refractivity contribution in [2.45, 2.75) is 45.7 Å². The van der Waals surface area contributed by atoms with Gasteiger partial charge < -0.3 is 5.32 Å². The first-order chi connectivity index (χ1) is 8.99. The van der Waals surface area contributed by atoms with Gasteiger partial charge in [-0.25, -0.2) is 4.98 Å². The third-order valence-corrected chi connectivity index (χ3v) is 3.21. The van der Waals surface area contributed by atoms with Gasteiger partial charge in [-0.3, -0.25) is 0 Å². The Morgan fingerprint density at radius 1 is 1.32 bits per heavy atom. The first kappa shape index (κ1) is 15.8. The van der Waals surface area contributed by atoms with Crippen molar-refractivity contribution in [3.8, 4) is 0 Å². The van der Waals surface area contributed by atoms with Crippen molar-refractivity contribution in [2.75, 3.05) is 11.9 Å². The van der Waals surface area contributed by atoms with E-state index in [1.54, 1.807) is 0 Å². The Morgan fingerprint density at radius 2 is 2.05 bits per heavy atom. The number of rotatable bonds is 7. The zero-order chi connectivity index (χ0) is 14.3. The molecule has 108 valence electrons. The molecule has 0 radical (unpaired) electrons. The molecule has 2 nitrogen and oxygen atoms in total. The van der Waals surface area contributed by atoms with Crippen LogP contribution in [0.3, 0.4) is 0 Å². The van der Waals surface area contributed by atoms with E-state index in [1.807, 2.05) is 0 Å². The van der Waals surface area contributed by atoms with Crippen LogP contribution in [-0.4, -0.2) is 11.5 Å². The van der Waals surface area contributed by atoms with Gasteiger partial charge in [-0.2, -0.15) is 13.2 Å². The van der Waals surface area contributed by atoms with E-state index >= 15 is 0 Å². The summed E-state index contributed by atoms with van der Waals surface area (Å²) in [5, 5.41) is 2.85. The molecule has 0 saturated heterocycles. The van der Waals surface area contributed by atoms with Crippen LogP contribution < -0.4 is 5.32 Å². The zero-order valence-electron chi connectivity index (χ0n) is 11.4. The molecule has 0 aliphatic carbocycles. The summed E-state index contributed by atoms with van der Waals surface area (Å²) < 4.78 is 38.3. The Kier molecular flexibility index (Phi) is 6.12. The van der Waals surface area contributed by atoms with Crippen molar-refractivity contribution < 1.29 is 13.2 Å². The summed E-state index contributed by atoms with van der Waals surface area (Å²) in [6, 6.07) is 2.37. The topological polar surface area (TPSA) is 24.9 Å². The predicted octanol–water partition coefficient (Wildman–Crippen LogP) is 4.73. The summed E-state index contributed by atoms with van der Waals surface area (Å²) in [4.78, 5) is 3.80. The van der Waals surface area contributed by atoms with Crippen LogP contribution in [0.15, 0.2) is 18.3 Å². The summed E-state index contributed by atoms with van der Waals surface area (Å²) in [6.45, 7) is 4.71. The molecule has 0 aromatic carbocycles. The first-order valence-corrected chi connectivity index (χ1v) is 6.75. The van der Waals surface area contributed by atoms with E-state index in [1.165, 1.54) is 12.3 Å². The van der Waals surface area contributed by atoms with Crippen molar-refractivity contribution in [2.24, 2.45) is 5.92 Å². The Bertz CT molecular complexity index is 377. The Morgan fingerprint density at radius 3 is 2.63 bits per heavy atom. The van der Waals surface area contributed by atoms with Crippen LogP contribution >= 0.6 is 0 Å². The highest BCUT2D eigenvalue weighted by molar-refractivity contribution is 5.45. The minimum atomic E-state index is -4.36. The van der Waals surface area contributed by atoms with E-state index in [0.717, 1.165) is 31.7 Å². The fraction of sp³-hybridized carbons (Fsp3) is 0.643. The molecule has 0 aliphatic heterocycles. The largest absolute Gasteiger partial charge is 0.419 e. The quantitative estimate of drug-likeness (QED) is 0.777. The Balaban J connectivity index is 2.66. The second kappa shape index (κ2) is 7.36. The SMILES string of the molecule is CCCCC(CC)CNc1ncccc1C(F)(F)F. The minimum absolute atomic E-state index is 0.0649. The molecule has 1 N–H and O–H groups in total. The van der Waals surface area contributed by atoms with Crippen LogP contribution in [0.4, 0.5) is 19.0 Å². The van der Waals surface area contributed by atoms with Gasteiger partial charge >= 0.3 is 6.18 Å². The second-order valence-corrected chi connectivity index (χ2v) is 4.69. The van der Waals surface area contributed by atoms with E-state index in [-0.39, 0.29) is 5.82 Å². The summed E-state index contributed by atoms with van der Waals surface area (Å²) in [5.74, 6) is 0.327.